The SMILES string of the molecule is N#CCc1nc(F)c(C(F)F)cc1N. The Morgan fingerprint density at radius 2 is 2.21 bits per heavy atom. The first kappa shape index (κ1) is 10.3. The Kier molecular flexibility index (Phi) is 2.92. The summed E-state index contributed by atoms with van der Waals surface area (Å²) in [4.78, 5) is 3.19. The number of anilines is 1. The van der Waals surface area contributed by atoms with Gasteiger partial charge < -0.3 is 5.73 Å². The molecule has 3 nitrogen and oxygen atoms in total. The molecule has 0 aliphatic rings. The molecular formula is C8H6F3N3. The first-order valence-corrected chi connectivity index (χ1v) is 3.66. The largest absolute Gasteiger partial charge is 0.397 e. The Morgan fingerprint density at radius 1 is 1.57 bits per heavy atom. The molecule has 6 heteroatoms. The Balaban J connectivity index is 3.18. The van der Waals surface area contributed by atoms with Crippen LogP contribution in [0.2, 0.25) is 0 Å². The van der Waals surface area contributed by atoms with Crippen molar-refractivity contribution in [1.82, 2.24) is 4.98 Å². The van der Waals surface area contributed by atoms with Gasteiger partial charge in [0.1, 0.15) is 0 Å². The smallest absolute Gasteiger partial charge is 0.268 e. The van der Waals surface area contributed by atoms with Crippen molar-refractivity contribution < 1.29 is 13.2 Å². The van der Waals surface area contributed by atoms with Gasteiger partial charge >= 0.3 is 0 Å². The first-order chi connectivity index (χ1) is 6.56. The van der Waals surface area contributed by atoms with Crippen LogP contribution in [0.25, 0.3) is 0 Å². The highest BCUT2D eigenvalue weighted by Crippen LogP contribution is 2.24. The van der Waals surface area contributed by atoms with Crippen LogP contribution in [-0.2, 0) is 6.42 Å². The molecule has 1 aromatic rings. The minimum Gasteiger partial charge on any atom is -0.397 e. The minimum absolute atomic E-state index is 0.0191. The third kappa shape index (κ3) is 1.93. The summed E-state index contributed by atoms with van der Waals surface area (Å²) in [5, 5.41) is 8.30. The van der Waals surface area contributed by atoms with Crippen LogP contribution in [0.4, 0.5) is 18.9 Å². The van der Waals surface area contributed by atoms with E-state index in [-0.39, 0.29) is 17.8 Å². The van der Waals surface area contributed by atoms with Gasteiger partial charge in [-0.1, -0.05) is 0 Å². The van der Waals surface area contributed by atoms with Crippen LogP contribution in [-0.4, -0.2) is 4.98 Å². The topological polar surface area (TPSA) is 62.7 Å². The second kappa shape index (κ2) is 3.96. The summed E-state index contributed by atoms with van der Waals surface area (Å²) in [5.41, 5.74) is 4.34. The van der Waals surface area contributed by atoms with Crippen LogP contribution in [0, 0.1) is 17.3 Å². The van der Waals surface area contributed by atoms with Crippen molar-refractivity contribution in [2.24, 2.45) is 0 Å². The van der Waals surface area contributed by atoms with Gasteiger partial charge in [0.25, 0.3) is 6.43 Å². The number of rotatable bonds is 2. The summed E-state index contributed by atoms with van der Waals surface area (Å²) in [6.07, 6.45) is -3.16. The van der Waals surface area contributed by atoms with Crippen molar-refractivity contribution in [3.05, 3.63) is 23.3 Å². The zero-order chi connectivity index (χ0) is 10.7. The maximum Gasteiger partial charge on any atom is 0.268 e. The zero-order valence-electron chi connectivity index (χ0n) is 6.97. The van der Waals surface area contributed by atoms with Crippen LogP contribution >= 0.6 is 0 Å². The summed E-state index contributed by atoms with van der Waals surface area (Å²) >= 11 is 0. The summed E-state index contributed by atoms with van der Waals surface area (Å²) < 4.78 is 37.1. The van der Waals surface area contributed by atoms with E-state index in [1.165, 1.54) is 0 Å². The number of nitriles is 1. The molecule has 1 heterocycles. The Morgan fingerprint density at radius 3 is 2.71 bits per heavy atom. The lowest BCUT2D eigenvalue weighted by atomic mass is 10.2. The van der Waals surface area contributed by atoms with Crippen LogP contribution in [0.3, 0.4) is 0 Å². The molecule has 0 radical (unpaired) electrons. The van der Waals surface area contributed by atoms with E-state index in [0.29, 0.717) is 0 Å². The molecule has 0 fully saturated rings. The summed E-state index contributed by atoms with van der Waals surface area (Å²) in [6, 6.07) is 2.51. The van der Waals surface area contributed by atoms with Gasteiger partial charge in [-0.15, -0.1) is 0 Å². The molecule has 0 saturated carbocycles. The number of alkyl halides is 2. The highest BCUT2D eigenvalue weighted by Gasteiger charge is 2.17. The third-order valence-electron chi connectivity index (χ3n) is 1.60. The van der Waals surface area contributed by atoms with E-state index in [0.717, 1.165) is 6.07 Å². The number of aromatic nitrogens is 1. The molecule has 0 aromatic carbocycles. The van der Waals surface area contributed by atoms with E-state index < -0.39 is 17.9 Å². The average molecular weight is 201 g/mol. The van der Waals surface area contributed by atoms with Gasteiger partial charge in [-0.25, -0.2) is 13.8 Å². The first-order valence-electron chi connectivity index (χ1n) is 3.66. The van der Waals surface area contributed by atoms with Gasteiger partial charge in [-0.05, 0) is 6.07 Å². The van der Waals surface area contributed by atoms with Crippen molar-refractivity contribution in [1.29, 1.82) is 5.26 Å². The van der Waals surface area contributed by atoms with Crippen LogP contribution in [0.15, 0.2) is 6.07 Å². The zero-order valence-corrected chi connectivity index (χ0v) is 6.97. The third-order valence-corrected chi connectivity index (χ3v) is 1.60. The van der Waals surface area contributed by atoms with Gasteiger partial charge in [0.2, 0.25) is 5.95 Å². The molecule has 0 bridgehead atoms. The molecule has 0 aliphatic carbocycles. The molecule has 0 amide bonds. The highest BCUT2D eigenvalue weighted by atomic mass is 19.3. The molecule has 2 N–H and O–H groups in total. The molecule has 74 valence electrons. The van der Waals surface area contributed by atoms with Crippen LogP contribution in [0.5, 0.6) is 0 Å². The molecule has 1 rings (SSSR count). The quantitative estimate of drug-likeness (QED) is 0.742. The van der Waals surface area contributed by atoms with E-state index in [9.17, 15) is 13.2 Å². The Labute approximate surface area is 78.0 Å². The Bertz CT molecular complexity index is 384. The predicted molar refractivity (Wildman–Crippen MR) is 42.9 cm³/mol. The summed E-state index contributed by atoms with van der Waals surface area (Å²) in [5.74, 6) is -1.28. The second-order valence-corrected chi connectivity index (χ2v) is 2.54. The maximum absolute atomic E-state index is 12.8. The standard InChI is InChI=1S/C8H6F3N3/c9-7(10)4-3-5(13)6(1-2-12)14-8(4)11/h3,7H,1,13H2. The Hall–Kier alpha value is -1.77. The van der Waals surface area contributed by atoms with E-state index in [2.05, 4.69) is 4.98 Å². The highest BCUT2D eigenvalue weighted by molar-refractivity contribution is 5.46. The monoisotopic (exact) mass is 201 g/mol. The molecular weight excluding hydrogens is 195 g/mol. The van der Waals surface area contributed by atoms with Gasteiger partial charge in [0, 0.05) is 0 Å². The fraction of sp³-hybridized carbons (Fsp3) is 0.250. The van der Waals surface area contributed by atoms with Gasteiger partial charge in [-0.3, -0.25) is 0 Å². The molecule has 0 atom stereocenters. The normalized spacial score (nSPS) is 10.2. The van der Waals surface area contributed by atoms with Crippen molar-refractivity contribution in [2.75, 3.05) is 5.73 Å². The number of nitrogen functional groups attached to an aromatic ring is 1. The number of pyridine rings is 1. The fourth-order valence-electron chi connectivity index (χ4n) is 0.927. The van der Waals surface area contributed by atoms with E-state index in [4.69, 9.17) is 11.0 Å². The molecule has 14 heavy (non-hydrogen) atoms. The molecule has 1 aromatic heterocycles. The van der Waals surface area contributed by atoms with E-state index in [1.807, 2.05) is 0 Å². The van der Waals surface area contributed by atoms with Gasteiger partial charge in [0.05, 0.1) is 29.4 Å². The fourth-order valence-corrected chi connectivity index (χ4v) is 0.927. The molecule has 0 saturated heterocycles. The molecule has 0 spiro atoms. The van der Waals surface area contributed by atoms with Crippen molar-refractivity contribution in [2.45, 2.75) is 12.8 Å². The number of hydrogen-bond donors (Lipinski definition) is 1. The summed E-state index contributed by atoms with van der Waals surface area (Å²) in [7, 11) is 0. The average Bonchev–Trinajstić information content (AvgIpc) is 2.10. The number of hydrogen-bond acceptors (Lipinski definition) is 3. The van der Waals surface area contributed by atoms with Gasteiger partial charge in [-0.2, -0.15) is 9.65 Å². The van der Waals surface area contributed by atoms with E-state index >= 15 is 0 Å². The minimum atomic E-state index is -2.96. The van der Waals surface area contributed by atoms with Crippen molar-refractivity contribution >= 4 is 5.69 Å². The lowest BCUT2D eigenvalue weighted by Gasteiger charge is -2.05. The molecule has 0 aliphatic heterocycles. The van der Waals surface area contributed by atoms with Gasteiger partial charge in [0.15, 0.2) is 0 Å². The maximum atomic E-state index is 12.8. The number of nitrogens with two attached hydrogens (primary N) is 1. The lowest BCUT2D eigenvalue weighted by Crippen LogP contribution is -2.04. The second-order valence-electron chi connectivity index (χ2n) is 2.54. The van der Waals surface area contributed by atoms with Crippen LogP contribution in [0.1, 0.15) is 17.7 Å². The predicted octanol–water partition coefficient (Wildman–Crippen LogP) is 1.81. The number of nitrogens with zero attached hydrogens (tertiary/aromatic N) is 2. The van der Waals surface area contributed by atoms with Crippen molar-refractivity contribution in [3.8, 4) is 6.07 Å². The summed E-state index contributed by atoms with van der Waals surface area (Å²) in [6.45, 7) is 0. The van der Waals surface area contributed by atoms with Crippen LogP contribution < -0.4 is 5.73 Å². The number of halogens is 3. The lowest BCUT2D eigenvalue weighted by molar-refractivity contribution is 0.145. The van der Waals surface area contributed by atoms with Crippen molar-refractivity contribution in [3.63, 3.8) is 0 Å². The van der Waals surface area contributed by atoms with E-state index in [1.54, 1.807) is 6.07 Å². The molecule has 0 unspecified atom stereocenters.